The average molecular weight is 338 g/mol. The van der Waals surface area contributed by atoms with E-state index in [0.29, 0.717) is 11.8 Å². The largest absolute Gasteiger partial charge is 0.454 e. The van der Waals surface area contributed by atoms with Crippen LogP contribution in [0.3, 0.4) is 0 Å². The van der Waals surface area contributed by atoms with E-state index in [2.05, 4.69) is 35.1 Å². The van der Waals surface area contributed by atoms with Crippen molar-refractivity contribution in [3.8, 4) is 11.5 Å². The molecule has 106 valence electrons. The van der Waals surface area contributed by atoms with E-state index >= 15 is 0 Å². The zero-order chi connectivity index (χ0) is 14.5. The van der Waals surface area contributed by atoms with Crippen molar-refractivity contribution in [3.63, 3.8) is 0 Å². The molecule has 0 aliphatic carbocycles. The van der Waals surface area contributed by atoms with Crippen LogP contribution in [0.1, 0.15) is 19.4 Å². The lowest BCUT2D eigenvalue weighted by atomic mass is 10.2. The van der Waals surface area contributed by atoms with Gasteiger partial charge in [0.2, 0.25) is 0 Å². The fourth-order valence-electron chi connectivity index (χ4n) is 1.68. The number of rotatable bonds is 5. The van der Waals surface area contributed by atoms with Gasteiger partial charge in [-0.05, 0) is 35.9 Å². The highest BCUT2D eigenvalue weighted by atomic mass is 79.9. The Morgan fingerprint density at radius 2 is 1.85 bits per heavy atom. The summed E-state index contributed by atoms with van der Waals surface area (Å²) in [6, 6.07) is 12.7. The highest BCUT2D eigenvalue weighted by Gasteiger charge is 2.05. The van der Waals surface area contributed by atoms with Crippen molar-refractivity contribution in [2.45, 2.75) is 26.4 Å². The molecule has 0 saturated carbocycles. The molecule has 20 heavy (non-hydrogen) atoms. The molecule has 0 saturated heterocycles. The fraction of sp³-hybridized carbons (Fsp3) is 0.250. The first-order valence-corrected chi connectivity index (χ1v) is 7.29. The van der Waals surface area contributed by atoms with Gasteiger partial charge in [-0.2, -0.15) is 0 Å². The third kappa shape index (κ3) is 4.32. The van der Waals surface area contributed by atoms with Crippen LogP contribution < -0.4 is 10.1 Å². The maximum absolute atomic E-state index is 13.6. The van der Waals surface area contributed by atoms with Crippen LogP contribution in [0.4, 0.5) is 4.39 Å². The minimum atomic E-state index is -0.376. The zero-order valence-electron chi connectivity index (χ0n) is 11.5. The monoisotopic (exact) mass is 337 g/mol. The molecular weight excluding hydrogens is 321 g/mol. The molecule has 2 aromatic carbocycles. The Labute approximate surface area is 127 Å². The van der Waals surface area contributed by atoms with E-state index in [-0.39, 0.29) is 11.6 Å². The molecule has 2 nitrogen and oxygen atoms in total. The van der Waals surface area contributed by atoms with Gasteiger partial charge in [-0.15, -0.1) is 0 Å². The molecule has 0 heterocycles. The van der Waals surface area contributed by atoms with E-state index in [1.165, 1.54) is 11.6 Å². The van der Waals surface area contributed by atoms with E-state index in [1.54, 1.807) is 12.1 Å². The number of ether oxygens (including phenoxy) is 1. The highest BCUT2D eigenvalue weighted by Crippen LogP contribution is 2.27. The van der Waals surface area contributed by atoms with Gasteiger partial charge in [0.05, 0.1) is 0 Å². The van der Waals surface area contributed by atoms with E-state index in [4.69, 9.17) is 4.74 Å². The first-order valence-electron chi connectivity index (χ1n) is 6.50. The third-order valence-electron chi connectivity index (χ3n) is 2.76. The summed E-state index contributed by atoms with van der Waals surface area (Å²) >= 11 is 3.30. The normalized spacial score (nSPS) is 10.8. The van der Waals surface area contributed by atoms with Crippen molar-refractivity contribution >= 4 is 15.9 Å². The van der Waals surface area contributed by atoms with Crippen molar-refractivity contribution in [2.24, 2.45) is 0 Å². The first kappa shape index (κ1) is 15.0. The Balaban J connectivity index is 2.05. The Morgan fingerprint density at radius 1 is 1.15 bits per heavy atom. The van der Waals surface area contributed by atoms with Gasteiger partial charge in [0.15, 0.2) is 11.6 Å². The topological polar surface area (TPSA) is 21.3 Å². The van der Waals surface area contributed by atoms with Crippen LogP contribution in [0.25, 0.3) is 0 Å². The van der Waals surface area contributed by atoms with Gasteiger partial charge in [0.25, 0.3) is 0 Å². The van der Waals surface area contributed by atoms with Crippen molar-refractivity contribution < 1.29 is 9.13 Å². The molecule has 0 spiro atoms. The van der Waals surface area contributed by atoms with Crippen LogP contribution >= 0.6 is 15.9 Å². The standard InChI is InChI=1S/C16H17BrFNO/c1-11(2)19-10-12-3-6-14(7-4-12)20-16-9-13(17)5-8-15(16)18/h3-9,11,19H,10H2,1-2H3. The summed E-state index contributed by atoms with van der Waals surface area (Å²) in [6.45, 7) is 5.02. The summed E-state index contributed by atoms with van der Waals surface area (Å²) in [7, 11) is 0. The van der Waals surface area contributed by atoms with Gasteiger partial charge >= 0.3 is 0 Å². The molecule has 1 N–H and O–H groups in total. The van der Waals surface area contributed by atoms with Crippen molar-refractivity contribution in [3.05, 3.63) is 58.3 Å². The number of benzene rings is 2. The quantitative estimate of drug-likeness (QED) is 0.839. The van der Waals surface area contributed by atoms with Gasteiger partial charge in [-0.3, -0.25) is 0 Å². The van der Waals surface area contributed by atoms with Crippen molar-refractivity contribution in [2.75, 3.05) is 0 Å². The SMILES string of the molecule is CC(C)NCc1ccc(Oc2cc(Br)ccc2F)cc1. The molecule has 4 heteroatoms. The molecule has 2 rings (SSSR count). The fourth-order valence-corrected chi connectivity index (χ4v) is 2.02. The maximum Gasteiger partial charge on any atom is 0.165 e. The molecule has 0 radical (unpaired) electrons. The highest BCUT2D eigenvalue weighted by molar-refractivity contribution is 9.10. The predicted molar refractivity (Wildman–Crippen MR) is 82.6 cm³/mol. The smallest absolute Gasteiger partial charge is 0.165 e. The summed E-state index contributed by atoms with van der Waals surface area (Å²) in [4.78, 5) is 0. The number of hydrogen-bond donors (Lipinski definition) is 1. The van der Waals surface area contributed by atoms with E-state index in [9.17, 15) is 4.39 Å². The summed E-state index contributed by atoms with van der Waals surface area (Å²) in [5, 5.41) is 3.34. The molecule has 0 fully saturated rings. The molecule has 0 aromatic heterocycles. The first-order chi connectivity index (χ1) is 9.54. The van der Waals surface area contributed by atoms with Gasteiger partial charge < -0.3 is 10.1 Å². The molecule has 0 aliphatic rings. The summed E-state index contributed by atoms with van der Waals surface area (Å²) < 4.78 is 19.9. The zero-order valence-corrected chi connectivity index (χ0v) is 13.1. The van der Waals surface area contributed by atoms with Crippen LogP contribution in [-0.4, -0.2) is 6.04 Å². The van der Waals surface area contributed by atoms with Gasteiger partial charge in [-0.1, -0.05) is 41.9 Å². The summed E-state index contributed by atoms with van der Waals surface area (Å²) in [5.74, 6) is 0.460. The number of hydrogen-bond acceptors (Lipinski definition) is 2. The minimum absolute atomic E-state index is 0.215. The van der Waals surface area contributed by atoms with Crippen molar-refractivity contribution in [1.82, 2.24) is 5.32 Å². The molecule has 2 aromatic rings. The second kappa shape index (κ2) is 6.86. The minimum Gasteiger partial charge on any atom is -0.454 e. The molecule has 0 unspecified atom stereocenters. The Kier molecular flexibility index (Phi) is 5.15. The van der Waals surface area contributed by atoms with Gasteiger partial charge in [0, 0.05) is 17.1 Å². The maximum atomic E-state index is 13.6. The molecule has 0 bridgehead atoms. The lowest BCUT2D eigenvalue weighted by Crippen LogP contribution is -2.21. The average Bonchev–Trinajstić information content (AvgIpc) is 2.42. The second-order valence-corrected chi connectivity index (χ2v) is 5.77. The number of nitrogens with one attached hydrogen (secondary N) is 1. The van der Waals surface area contributed by atoms with Crippen molar-refractivity contribution in [1.29, 1.82) is 0 Å². The van der Waals surface area contributed by atoms with Crippen LogP contribution in [0.5, 0.6) is 11.5 Å². The summed E-state index contributed by atoms with van der Waals surface area (Å²) in [6.07, 6.45) is 0. The van der Waals surface area contributed by atoms with E-state index in [0.717, 1.165) is 11.0 Å². The lowest BCUT2D eigenvalue weighted by molar-refractivity contribution is 0.441. The molecule has 0 aliphatic heterocycles. The second-order valence-electron chi connectivity index (χ2n) is 4.86. The van der Waals surface area contributed by atoms with Gasteiger partial charge in [0.1, 0.15) is 5.75 Å². The van der Waals surface area contributed by atoms with Crippen LogP contribution in [-0.2, 0) is 6.54 Å². The Bertz CT molecular complexity index is 569. The Morgan fingerprint density at radius 3 is 2.50 bits per heavy atom. The van der Waals surface area contributed by atoms with E-state index < -0.39 is 0 Å². The Hall–Kier alpha value is -1.39. The molecule has 0 atom stereocenters. The summed E-state index contributed by atoms with van der Waals surface area (Å²) in [5.41, 5.74) is 1.17. The van der Waals surface area contributed by atoms with Gasteiger partial charge in [-0.25, -0.2) is 4.39 Å². The molecular formula is C16H17BrFNO. The molecule has 0 amide bonds. The number of halogens is 2. The predicted octanol–water partition coefficient (Wildman–Crippen LogP) is 4.88. The third-order valence-corrected chi connectivity index (χ3v) is 3.25. The van der Waals surface area contributed by atoms with E-state index in [1.807, 2.05) is 24.3 Å². The van der Waals surface area contributed by atoms with Crippen LogP contribution in [0, 0.1) is 5.82 Å². The van der Waals surface area contributed by atoms with Crippen LogP contribution in [0.2, 0.25) is 0 Å². The lowest BCUT2D eigenvalue weighted by Gasteiger charge is -2.10. The van der Waals surface area contributed by atoms with Crippen LogP contribution in [0.15, 0.2) is 46.9 Å².